The van der Waals surface area contributed by atoms with Crippen molar-refractivity contribution in [2.75, 3.05) is 0 Å². The van der Waals surface area contributed by atoms with E-state index < -0.39 is 5.60 Å². The Kier molecular flexibility index (Phi) is 6.38. The molecule has 0 aromatic heterocycles. The Hall–Kier alpha value is -1.41. The lowest BCUT2D eigenvalue weighted by atomic mass is 9.86. The molecular weight excluding hydrogens is 272 g/mol. The zero-order chi connectivity index (χ0) is 15.8. The Balaban J connectivity index is 1.70. The van der Waals surface area contributed by atoms with E-state index >= 15 is 0 Å². The van der Waals surface area contributed by atoms with Crippen molar-refractivity contribution < 1.29 is 9.90 Å². The molecular formula is C20H28O2. The van der Waals surface area contributed by atoms with Gasteiger partial charge in [-0.25, -0.2) is 0 Å². The minimum absolute atomic E-state index is 0.331. The zero-order valence-corrected chi connectivity index (χ0v) is 13.6. The highest BCUT2D eigenvalue weighted by atomic mass is 16.3. The number of carbonyl (C=O) groups excluding carboxylic acids is 1. The molecule has 0 bridgehead atoms. The molecule has 1 aromatic rings. The zero-order valence-electron chi connectivity index (χ0n) is 13.6. The third kappa shape index (κ3) is 6.15. The predicted molar refractivity (Wildman–Crippen MR) is 90.7 cm³/mol. The number of carbonyl (C=O) groups is 1. The molecule has 22 heavy (non-hydrogen) atoms. The summed E-state index contributed by atoms with van der Waals surface area (Å²) in [6.45, 7) is 1.87. The topological polar surface area (TPSA) is 37.3 Å². The summed E-state index contributed by atoms with van der Waals surface area (Å²) in [7, 11) is 0. The fraction of sp³-hybridized carbons (Fsp3) is 0.550. The minimum atomic E-state index is -0.753. The van der Waals surface area contributed by atoms with Crippen LogP contribution in [0.1, 0.15) is 57.4 Å². The van der Waals surface area contributed by atoms with Crippen LogP contribution in [0, 0.1) is 5.92 Å². The van der Waals surface area contributed by atoms with Crippen LogP contribution in [0.15, 0.2) is 42.5 Å². The van der Waals surface area contributed by atoms with E-state index in [-0.39, 0.29) is 0 Å². The molecule has 1 aliphatic rings. The van der Waals surface area contributed by atoms with Gasteiger partial charge in [-0.15, -0.1) is 0 Å². The molecule has 0 heterocycles. The maximum Gasteiger partial charge on any atom is 0.133 e. The van der Waals surface area contributed by atoms with Crippen molar-refractivity contribution in [2.45, 2.75) is 63.9 Å². The fourth-order valence-corrected chi connectivity index (χ4v) is 3.11. The number of rotatable bonds is 7. The first-order valence-electron chi connectivity index (χ1n) is 8.52. The standard InChI is InChI=1S/C20H28O2/c1-20(22,15-13-18-11-7-12-19(21)16-18)14-6-5-10-17-8-3-2-4-9-17/h2-4,8-9,13,15,18,22H,5-7,10-12,14,16H2,1H3/b15-13+. The van der Waals surface area contributed by atoms with Gasteiger partial charge in [-0.2, -0.15) is 0 Å². The largest absolute Gasteiger partial charge is 0.386 e. The SMILES string of the molecule is CC(O)(/C=C/C1CCCC(=O)C1)CCCCc1ccccc1. The van der Waals surface area contributed by atoms with E-state index in [9.17, 15) is 9.90 Å². The van der Waals surface area contributed by atoms with Gasteiger partial charge in [0.25, 0.3) is 0 Å². The molecule has 2 heteroatoms. The Morgan fingerprint density at radius 1 is 1.27 bits per heavy atom. The Morgan fingerprint density at radius 3 is 2.77 bits per heavy atom. The molecule has 1 aromatic carbocycles. The molecule has 2 atom stereocenters. The summed E-state index contributed by atoms with van der Waals surface area (Å²) in [5.41, 5.74) is 0.607. The number of Topliss-reactive ketones (excluding diaryl/α,β-unsaturated/α-hetero) is 1. The maximum atomic E-state index is 11.4. The molecule has 120 valence electrons. The smallest absolute Gasteiger partial charge is 0.133 e. The molecule has 0 amide bonds. The number of unbranched alkanes of at least 4 members (excludes halogenated alkanes) is 1. The number of ketones is 1. The van der Waals surface area contributed by atoms with Crippen LogP contribution in [0.25, 0.3) is 0 Å². The first kappa shape index (κ1) is 17.0. The summed E-state index contributed by atoms with van der Waals surface area (Å²) in [5.74, 6) is 0.695. The van der Waals surface area contributed by atoms with Gasteiger partial charge < -0.3 is 5.11 Å². The average molecular weight is 300 g/mol. The number of aliphatic hydroxyl groups is 1. The van der Waals surface area contributed by atoms with E-state index in [4.69, 9.17) is 0 Å². The van der Waals surface area contributed by atoms with E-state index in [1.807, 2.05) is 19.1 Å². The lowest BCUT2D eigenvalue weighted by Gasteiger charge is -2.22. The molecule has 2 unspecified atom stereocenters. The molecule has 0 aliphatic heterocycles. The quantitative estimate of drug-likeness (QED) is 0.596. The van der Waals surface area contributed by atoms with Crippen LogP contribution < -0.4 is 0 Å². The van der Waals surface area contributed by atoms with Crippen molar-refractivity contribution in [1.29, 1.82) is 0 Å². The van der Waals surface area contributed by atoms with Crippen LogP contribution >= 0.6 is 0 Å². The molecule has 1 aliphatic carbocycles. The second-order valence-corrected chi connectivity index (χ2v) is 6.80. The summed E-state index contributed by atoms with van der Waals surface area (Å²) >= 11 is 0. The third-order valence-corrected chi connectivity index (χ3v) is 4.49. The normalized spacial score (nSPS) is 21.9. The molecule has 2 rings (SSSR count). The van der Waals surface area contributed by atoms with Gasteiger partial charge in [0, 0.05) is 12.8 Å². The maximum absolute atomic E-state index is 11.4. The predicted octanol–water partition coefficient (Wildman–Crippen LogP) is 4.47. The number of hydrogen-bond donors (Lipinski definition) is 1. The van der Waals surface area contributed by atoms with Gasteiger partial charge in [0.1, 0.15) is 5.78 Å². The lowest BCUT2D eigenvalue weighted by molar-refractivity contribution is -0.121. The molecule has 1 saturated carbocycles. The van der Waals surface area contributed by atoms with Crippen molar-refractivity contribution in [3.8, 4) is 0 Å². The Bertz CT molecular complexity index is 488. The molecule has 0 radical (unpaired) electrons. The van der Waals surface area contributed by atoms with Gasteiger partial charge in [-0.3, -0.25) is 4.79 Å². The van der Waals surface area contributed by atoms with Crippen LogP contribution in [-0.2, 0) is 11.2 Å². The van der Waals surface area contributed by atoms with Gasteiger partial charge in [0.05, 0.1) is 5.60 Å². The number of allylic oxidation sites excluding steroid dienone is 1. The van der Waals surface area contributed by atoms with Crippen molar-refractivity contribution >= 4 is 5.78 Å². The summed E-state index contributed by atoms with van der Waals surface area (Å²) in [6, 6.07) is 10.5. The van der Waals surface area contributed by atoms with Crippen LogP contribution in [0.4, 0.5) is 0 Å². The lowest BCUT2D eigenvalue weighted by Crippen LogP contribution is -2.21. The monoisotopic (exact) mass is 300 g/mol. The summed E-state index contributed by atoms with van der Waals surface area (Å²) in [4.78, 5) is 11.4. The highest BCUT2D eigenvalue weighted by Crippen LogP contribution is 2.24. The Morgan fingerprint density at radius 2 is 2.05 bits per heavy atom. The van der Waals surface area contributed by atoms with E-state index in [2.05, 4.69) is 30.3 Å². The van der Waals surface area contributed by atoms with E-state index in [0.717, 1.165) is 44.9 Å². The second-order valence-electron chi connectivity index (χ2n) is 6.80. The number of aryl methyl sites for hydroxylation is 1. The van der Waals surface area contributed by atoms with Crippen LogP contribution in [0.3, 0.4) is 0 Å². The minimum Gasteiger partial charge on any atom is -0.386 e. The van der Waals surface area contributed by atoms with Crippen molar-refractivity contribution in [3.05, 3.63) is 48.0 Å². The molecule has 2 nitrogen and oxygen atoms in total. The van der Waals surface area contributed by atoms with Gasteiger partial charge in [-0.05, 0) is 56.9 Å². The molecule has 0 saturated heterocycles. The first-order chi connectivity index (χ1) is 10.6. The highest BCUT2D eigenvalue weighted by molar-refractivity contribution is 5.79. The van der Waals surface area contributed by atoms with Crippen LogP contribution in [0.5, 0.6) is 0 Å². The van der Waals surface area contributed by atoms with Gasteiger partial charge >= 0.3 is 0 Å². The van der Waals surface area contributed by atoms with E-state index in [1.54, 1.807) is 0 Å². The number of benzene rings is 1. The van der Waals surface area contributed by atoms with Gasteiger partial charge in [0.2, 0.25) is 0 Å². The summed E-state index contributed by atoms with van der Waals surface area (Å²) < 4.78 is 0. The molecule has 1 N–H and O–H groups in total. The fourth-order valence-electron chi connectivity index (χ4n) is 3.11. The Labute approximate surface area is 134 Å². The van der Waals surface area contributed by atoms with Gasteiger partial charge in [0.15, 0.2) is 0 Å². The summed E-state index contributed by atoms with van der Waals surface area (Å²) in [5, 5.41) is 10.4. The van der Waals surface area contributed by atoms with Crippen molar-refractivity contribution in [2.24, 2.45) is 5.92 Å². The number of hydrogen-bond acceptors (Lipinski definition) is 2. The van der Waals surface area contributed by atoms with Crippen molar-refractivity contribution in [1.82, 2.24) is 0 Å². The van der Waals surface area contributed by atoms with Gasteiger partial charge in [-0.1, -0.05) is 42.5 Å². The van der Waals surface area contributed by atoms with E-state index in [0.29, 0.717) is 18.1 Å². The van der Waals surface area contributed by atoms with Crippen LogP contribution in [0.2, 0.25) is 0 Å². The van der Waals surface area contributed by atoms with Crippen molar-refractivity contribution in [3.63, 3.8) is 0 Å². The van der Waals surface area contributed by atoms with E-state index in [1.165, 1.54) is 5.56 Å². The highest BCUT2D eigenvalue weighted by Gasteiger charge is 2.20. The first-order valence-corrected chi connectivity index (χ1v) is 8.52. The average Bonchev–Trinajstić information content (AvgIpc) is 2.51. The molecule has 1 fully saturated rings. The third-order valence-electron chi connectivity index (χ3n) is 4.49. The summed E-state index contributed by atoms with van der Waals surface area (Å²) in [6.07, 6.45) is 11.4. The molecule has 0 spiro atoms. The second kappa shape index (κ2) is 8.28. The van der Waals surface area contributed by atoms with Crippen LogP contribution in [-0.4, -0.2) is 16.5 Å².